The van der Waals surface area contributed by atoms with Gasteiger partial charge in [-0.3, -0.25) is 29.9 Å². The van der Waals surface area contributed by atoms with Gasteiger partial charge in [0.25, 0.3) is 0 Å². The molecule has 0 radical (unpaired) electrons. The minimum absolute atomic E-state index is 1.04. The Kier molecular flexibility index (Phi) is 21.2. The van der Waals surface area contributed by atoms with E-state index in [-0.39, 0.29) is 0 Å². The van der Waals surface area contributed by atoms with Crippen LogP contribution in [-0.2, 0) is 0 Å². The van der Waals surface area contributed by atoms with Crippen LogP contribution in [0.2, 0.25) is 0 Å². The molecular weight excluding hydrogens is 1530 g/mol. The molecule has 4 aromatic carbocycles. The van der Waals surface area contributed by atoms with Gasteiger partial charge in [0, 0.05) is 191 Å². The van der Waals surface area contributed by atoms with Gasteiger partial charge >= 0.3 is 0 Å². The molecular formula is C92H68N12S8. The summed E-state index contributed by atoms with van der Waals surface area (Å²) in [4.78, 5) is 58.8. The smallest absolute Gasteiger partial charge is 0.124 e. The number of thiophene rings is 8. The van der Waals surface area contributed by atoms with Crippen LogP contribution >= 0.6 is 90.7 Å². The molecule has 0 saturated heterocycles. The maximum atomic E-state index is 4.42. The molecule has 0 spiro atoms. The van der Waals surface area contributed by atoms with Gasteiger partial charge in [0.2, 0.25) is 0 Å². The molecule has 544 valence electrons. The van der Waals surface area contributed by atoms with Crippen molar-refractivity contribution in [1.29, 1.82) is 0 Å². The van der Waals surface area contributed by atoms with Crippen molar-refractivity contribution >= 4 is 253 Å². The maximum Gasteiger partial charge on any atom is 0.124 e. The molecule has 12 nitrogen and oxygen atoms in total. The number of hydrogen-bond donors (Lipinski definition) is 0. The average Bonchev–Trinajstić information content (AvgIpc) is 1.60. The molecule has 0 unspecified atom stereocenters. The fourth-order valence-electron chi connectivity index (χ4n) is 13.6. The minimum Gasteiger partial charge on any atom is -0.260 e. The van der Waals surface area contributed by atoms with Gasteiger partial charge in [-0.15, -0.1) is 90.7 Å². The Hall–Kier alpha value is -11.6. The van der Waals surface area contributed by atoms with Crippen LogP contribution < -0.4 is 0 Å². The maximum absolute atomic E-state index is 4.42. The highest BCUT2D eigenvalue weighted by Crippen LogP contribution is 2.40. The van der Waals surface area contributed by atoms with Gasteiger partial charge in [-0.25, -0.2) is 29.9 Å². The Labute approximate surface area is 675 Å². The second-order valence-electron chi connectivity index (χ2n) is 26.7. The number of benzene rings is 4. The number of hydrogen-bond acceptors (Lipinski definition) is 20. The highest BCUT2D eigenvalue weighted by atomic mass is 32.1. The van der Waals surface area contributed by atoms with Crippen LogP contribution in [0.1, 0.15) is 45.0 Å². The predicted octanol–water partition coefficient (Wildman–Crippen LogP) is 27.6. The van der Waals surface area contributed by atoms with E-state index < -0.39 is 0 Å². The van der Waals surface area contributed by atoms with Crippen LogP contribution in [0.25, 0.3) is 162 Å². The number of fused-ring (bicyclic) bond motifs is 24. The number of rotatable bonds is 0. The summed E-state index contributed by atoms with van der Waals surface area (Å²) in [5, 5.41) is 17.9. The fraction of sp³-hybridized carbons (Fsp3) is 0.0870. The summed E-state index contributed by atoms with van der Waals surface area (Å²) in [6, 6.07) is 67.0. The Balaban J connectivity index is 0.0000000929. The molecule has 0 N–H and O–H groups in total. The van der Waals surface area contributed by atoms with E-state index in [4.69, 9.17) is 0 Å². The van der Waals surface area contributed by atoms with Crippen molar-refractivity contribution < 1.29 is 0 Å². The van der Waals surface area contributed by atoms with E-state index in [0.29, 0.717) is 0 Å². The molecule has 0 aliphatic heterocycles. The SMILES string of the molecule is Cc1cc2c(cn1)sc1cccnc12.Cc1cc2c(cn1)sc1ncccc12.Cc1cc2c(cn1)sc1ncccc12.Cc1cc2c(cn1)sc1ncccc12.Cc1cccc2c1sc1cccnc12.Cc1cccc2c1sc1ncccc12.Cc1cccc2c1sc1ncccc12.Cc1cccc2sc3ncccc3c12. The van der Waals surface area contributed by atoms with Crippen molar-refractivity contribution in [1.82, 2.24) is 59.8 Å². The summed E-state index contributed by atoms with van der Waals surface area (Å²) in [7, 11) is 0. The molecule has 20 heteroatoms. The summed E-state index contributed by atoms with van der Waals surface area (Å²) in [6.45, 7) is 16.7. The lowest BCUT2D eigenvalue weighted by Crippen LogP contribution is -1.78. The summed E-state index contributed by atoms with van der Waals surface area (Å²) < 4.78 is 12.8. The Morgan fingerprint density at radius 3 is 0.893 bits per heavy atom. The minimum atomic E-state index is 1.04. The lowest BCUT2D eigenvalue weighted by molar-refractivity contribution is 1.23. The Morgan fingerprint density at radius 2 is 0.464 bits per heavy atom. The van der Waals surface area contributed by atoms with Crippen LogP contribution in [0.15, 0.2) is 268 Å². The van der Waals surface area contributed by atoms with Crippen LogP contribution in [0.4, 0.5) is 0 Å². The predicted molar refractivity (Wildman–Crippen MR) is 486 cm³/mol. The van der Waals surface area contributed by atoms with Gasteiger partial charge in [0.05, 0.1) is 39.2 Å². The molecule has 24 rings (SSSR count). The van der Waals surface area contributed by atoms with Gasteiger partial charge in [-0.05, 0) is 205 Å². The first kappa shape index (κ1) is 73.3. The largest absolute Gasteiger partial charge is 0.260 e. The number of nitrogens with zero attached hydrogens (tertiary/aromatic N) is 12. The Bertz CT molecular complexity index is 6810. The molecule has 0 saturated carbocycles. The van der Waals surface area contributed by atoms with Gasteiger partial charge in [0.15, 0.2) is 0 Å². The summed E-state index contributed by atoms with van der Waals surface area (Å²) in [5.74, 6) is 0. The topological polar surface area (TPSA) is 155 Å². The summed E-state index contributed by atoms with van der Waals surface area (Å²) >= 11 is 14.0. The van der Waals surface area contributed by atoms with Crippen LogP contribution in [0, 0.1) is 55.4 Å². The molecule has 0 aliphatic carbocycles. The zero-order valence-corrected chi connectivity index (χ0v) is 68.6. The molecule has 20 aromatic heterocycles. The first-order valence-electron chi connectivity index (χ1n) is 36.1. The third-order valence-corrected chi connectivity index (χ3v) is 28.1. The molecule has 0 fully saturated rings. The quantitative estimate of drug-likeness (QED) is 0.142. The van der Waals surface area contributed by atoms with Crippen molar-refractivity contribution in [3.05, 3.63) is 314 Å². The number of pyridine rings is 12. The highest BCUT2D eigenvalue weighted by molar-refractivity contribution is 7.28. The second kappa shape index (κ2) is 32.4. The zero-order valence-electron chi connectivity index (χ0n) is 62.0. The number of aromatic nitrogens is 12. The van der Waals surface area contributed by atoms with E-state index >= 15 is 0 Å². The van der Waals surface area contributed by atoms with Crippen LogP contribution in [0.3, 0.4) is 0 Å². The third-order valence-electron chi connectivity index (χ3n) is 18.9. The Morgan fingerprint density at radius 1 is 0.188 bits per heavy atom. The van der Waals surface area contributed by atoms with E-state index in [1.54, 1.807) is 79.4 Å². The van der Waals surface area contributed by atoms with E-state index in [0.717, 1.165) is 62.8 Å². The van der Waals surface area contributed by atoms with E-state index in [1.165, 1.54) is 145 Å². The monoisotopic (exact) mass is 1600 g/mol. The first-order valence-corrected chi connectivity index (χ1v) is 42.7. The van der Waals surface area contributed by atoms with Gasteiger partial charge in [-0.2, -0.15) is 0 Å². The lowest BCUT2D eigenvalue weighted by Gasteiger charge is -1.94. The first-order chi connectivity index (χ1) is 54.8. The number of aryl methyl sites for hydroxylation is 8. The zero-order chi connectivity index (χ0) is 76.3. The van der Waals surface area contributed by atoms with Crippen molar-refractivity contribution in [2.45, 2.75) is 55.4 Å². The molecule has 0 bridgehead atoms. The van der Waals surface area contributed by atoms with Crippen molar-refractivity contribution in [3.63, 3.8) is 0 Å². The van der Waals surface area contributed by atoms with Crippen molar-refractivity contribution in [2.75, 3.05) is 0 Å². The standard InChI is InChI=1S/4C12H9NS.4C11H8N2S/c1-8-4-2-6-10-11(8)9-5-3-7-13-12(9)14-10;1-8-4-2-5-9-11-10(14-12(8)9)6-3-7-13-11;2*1-8-4-2-5-9-10-6-3-7-13-12(10)14-11(8)9;1-7-5-8-10(6-13-7)14-9-3-2-4-12-11(8)9;3*1-7-5-9-8-3-2-4-12-11(8)14-10(9)6-13-7/h4*2-7H,1H3;4*2-6H,1H3. The molecule has 0 aliphatic rings. The van der Waals surface area contributed by atoms with Gasteiger partial charge in [-0.1, -0.05) is 66.7 Å². The van der Waals surface area contributed by atoms with Gasteiger partial charge in [0.1, 0.15) is 29.0 Å². The normalized spacial score (nSPS) is 11.2. The molecule has 24 aromatic rings. The molecule has 0 amide bonds. The lowest BCUT2D eigenvalue weighted by atomic mass is 10.1. The third kappa shape index (κ3) is 15.1. The summed E-state index contributed by atoms with van der Waals surface area (Å²) in [6.07, 6.45) is 22.5. The van der Waals surface area contributed by atoms with E-state index in [9.17, 15) is 0 Å². The second-order valence-corrected chi connectivity index (χ2v) is 35.0. The van der Waals surface area contributed by atoms with Crippen molar-refractivity contribution in [3.8, 4) is 0 Å². The van der Waals surface area contributed by atoms with E-state index in [1.807, 2.05) is 162 Å². The van der Waals surface area contributed by atoms with Gasteiger partial charge < -0.3 is 0 Å². The fourth-order valence-corrected chi connectivity index (χ4v) is 22.1. The summed E-state index contributed by atoms with van der Waals surface area (Å²) in [5.41, 5.74) is 11.8. The molecule has 0 atom stereocenters. The average molecular weight is 1600 g/mol. The molecule has 112 heavy (non-hydrogen) atoms. The van der Waals surface area contributed by atoms with Crippen molar-refractivity contribution in [2.24, 2.45) is 0 Å². The highest BCUT2D eigenvalue weighted by Gasteiger charge is 2.13. The molecule has 20 heterocycles. The van der Waals surface area contributed by atoms with Crippen LogP contribution in [0.5, 0.6) is 0 Å². The van der Waals surface area contributed by atoms with Crippen LogP contribution in [-0.4, -0.2) is 59.8 Å². The van der Waals surface area contributed by atoms with E-state index in [2.05, 4.69) is 233 Å².